The number of rotatable bonds is 9. The van der Waals surface area contributed by atoms with Gasteiger partial charge in [-0.2, -0.15) is 0 Å². The molecule has 2 rings (SSSR count). The Bertz CT molecular complexity index is 409. The molecule has 1 aromatic rings. The molecule has 0 saturated heterocycles. The Labute approximate surface area is 126 Å². The van der Waals surface area contributed by atoms with Gasteiger partial charge in [0.1, 0.15) is 0 Å². The maximum atomic E-state index is 9.16. The minimum absolute atomic E-state index is 0.250. The van der Waals surface area contributed by atoms with Crippen molar-refractivity contribution in [2.24, 2.45) is 0 Å². The molecule has 0 spiro atoms. The summed E-state index contributed by atoms with van der Waals surface area (Å²) >= 11 is 6.09. The number of aliphatic hydroxyl groups is 1. The van der Waals surface area contributed by atoms with Crippen LogP contribution in [0.1, 0.15) is 37.8 Å². The van der Waals surface area contributed by atoms with E-state index in [0.717, 1.165) is 31.1 Å². The number of benzene rings is 1. The van der Waals surface area contributed by atoms with Crippen LogP contribution in [0.3, 0.4) is 0 Å². The molecule has 1 aromatic carbocycles. The molecular weight excluding hydrogens is 272 g/mol. The fourth-order valence-corrected chi connectivity index (χ4v) is 2.90. The van der Waals surface area contributed by atoms with Crippen LogP contribution in [0.2, 0.25) is 5.02 Å². The molecule has 0 amide bonds. The van der Waals surface area contributed by atoms with Crippen molar-refractivity contribution in [2.45, 2.75) is 38.3 Å². The molecule has 0 aromatic heterocycles. The summed E-state index contributed by atoms with van der Waals surface area (Å²) in [5.74, 6) is 0. The van der Waals surface area contributed by atoms with Gasteiger partial charge in [0.2, 0.25) is 0 Å². The first-order valence-electron chi connectivity index (χ1n) is 7.58. The van der Waals surface area contributed by atoms with Gasteiger partial charge in [-0.25, -0.2) is 0 Å². The molecule has 1 atom stereocenters. The second-order valence-electron chi connectivity index (χ2n) is 5.44. The lowest BCUT2D eigenvalue weighted by Gasteiger charge is -2.25. The van der Waals surface area contributed by atoms with Gasteiger partial charge in [-0.3, -0.25) is 4.90 Å². The quantitative estimate of drug-likeness (QED) is 0.735. The molecule has 112 valence electrons. The summed E-state index contributed by atoms with van der Waals surface area (Å²) < 4.78 is 0. The van der Waals surface area contributed by atoms with Crippen molar-refractivity contribution < 1.29 is 5.11 Å². The van der Waals surface area contributed by atoms with Crippen molar-refractivity contribution >= 4 is 11.6 Å². The smallest absolute Gasteiger partial charge is 0.0558 e. The van der Waals surface area contributed by atoms with E-state index < -0.39 is 0 Å². The number of aliphatic hydroxyl groups excluding tert-OH is 1. The fourth-order valence-electron chi connectivity index (χ4n) is 2.70. The Balaban J connectivity index is 1.94. The molecule has 0 radical (unpaired) electrons. The largest absolute Gasteiger partial charge is 0.395 e. The van der Waals surface area contributed by atoms with Crippen LogP contribution in [-0.4, -0.2) is 42.3 Å². The van der Waals surface area contributed by atoms with Gasteiger partial charge in [-0.1, -0.05) is 30.7 Å². The summed E-state index contributed by atoms with van der Waals surface area (Å²) in [7, 11) is 0. The van der Waals surface area contributed by atoms with Crippen molar-refractivity contribution in [1.82, 2.24) is 10.2 Å². The molecule has 4 heteroatoms. The summed E-state index contributed by atoms with van der Waals surface area (Å²) in [6.45, 7) is 5.14. The van der Waals surface area contributed by atoms with E-state index in [1.54, 1.807) is 0 Å². The lowest BCUT2D eigenvalue weighted by atomic mass is 10.0. The second kappa shape index (κ2) is 7.99. The zero-order valence-corrected chi connectivity index (χ0v) is 12.9. The number of hydrogen-bond donors (Lipinski definition) is 2. The summed E-state index contributed by atoms with van der Waals surface area (Å²) in [4.78, 5) is 2.41. The van der Waals surface area contributed by atoms with E-state index >= 15 is 0 Å². The maximum Gasteiger partial charge on any atom is 0.0558 e. The van der Waals surface area contributed by atoms with Gasteiger partial charge in [0.25, 0.3) is 0 Å². The maximum absolute atomic E-state index is 9.16. The topological polar surface area (TPSA) is 35.5 Å². The Morgan fingerprint density at radius 1 is 1.40 bits per heavy atom. The molecule has 2 N–H and O–H groups in total. The SMILES string of the molecule is CCNC(CCN(CCO)C1CC1)c1cccc(Cl)c1. The van der Waals surface area contributed by atoms with E-state index in [9.17, 15) is 0 Å². The van der Waals surface area contributed by atoms with Crippen molar-refractivity contribution in [1.29, 1.82) is 0 Å². The molecule has 0 heterocycles. The molecule has 1 aliphatic carbocycles. The van der Waals surface area contributed by atoms with E-state index in [1.807, 2.05) is 18.2 Å². The molecule has 1 unspecified atom stereocenters. The van der Waals surface area contributed by atoms with Gasteiger partial charge < -0.3 is 10.4 Å². The summed E-state index contributed by atoms with van der Waals surface area (Å²) in [5, 5.41) is 13.5. The molecule has 3 nitrogen and oxygen atoms in total. The highest BCUT2D eigenvalue weighted by atomic mass is 35.5. The third-order valence-corrected chi connectivity index (χ3v) is 4.09. The van der Waals surface area contributed by atoms with Gasteiger partial charge in [0.05, 0.1) is 6.61 Å². The number of nitrogens with zero attached hydrogens (tertiary/aromatic N) is 1. The first-order chi connectivity index (χ1) is 9.74. The summed E-state index contributed by atoms with van der Waals surface area (Å²) in [5.41, 5.74) is 1.25. The highest BCUT2D eigenvalue weighted by molar-refractivity contribution is 6.30. The van der Waals surface area contributed by atoms with Crippen LogP contribution in [0.25, 0.3) is 0 Å². The predicted octanol–water partition coefficient (Wildman–Crippen LogP) is 2.84. The van der Waals surface area contributed by atoms with Crippen LogP contribution in [-0.2, 0) is 0 Å². The Hall–Kier alpha value is -0.610. The third-order valence-electron chi connectivity index (χ3n) is 3.86. The van der Waals surface area contributed by atoms with Gasteiger partial charge in [0.15, 0.2) is 0 Å². The van der Waals surface area contributed by atoms with E-state index in [4.69, 9.17) is 16.7 Å². The van der Waals surface area contributed by atoms with E-state index in [0.29, 0.717) is 12.1 Å². The molecular formula is C16H25ClN2O. The third kappa shape index (κ3) is 4.74. The van der Waals surface area contributed by atoms with Crippen LogP contribution in [0.5, 0.6) is 0 Å². The minimum atomic E-state index is 0.250. The summed E-state index contributed by atoms with van der Waals surface area (Å²) in [6, 6.07) is 9.13. The molecule has 1 fully saturated rings. The molecule has 0 bridgehead atoms. The molecule has 1 aliphatic rings. The zero-order chi connectivity index (χ0) is 14.4. The highest BCUT2D eigenvalue weighted by Gasteiger charge is 2.28. The first kappa shape index (κ1) is 15.8. The number of hydrogen-bond acceptors (Lipinski definition) is 3. The summed E-state index contributed by atoms with van der Waals surface area (Å²) in [6.07, 6.45) is 3.61. The molecule has 0 aliphatic heterocycles. The van der Waals surface area contributed by atoms with Crippen LogP contribution in [0, 0.1) is 0 Å². The fraction of sp³-hybridized carbons (Fsp3) is 0.625. The average molecular weight is 297 g/mol. The molecule has 1 saturated carbocycles. The van der Waals surface area contributed by atoms with Gasteiger partial charge in [-0.15, -0.1) is 0 Å². The number of nitrogens with one attached hydrogen (secondary N) is 1. The predicted molar refractivity (Wildman–Crippen MR) is 84.2 cm³/mol. The Morgan fingerprint density at radius 2 is 2.20 bits per heavy atom. The van der Waals surface area contributed by atoms with Crippen molar-refractivity contribution in [3.05, 3.63) is 34.9 Å². The van der Waals surface area contributed by atoms with Gasteiger partial charge >= 0.3 is 0 Å². The van der Waals surface area contributed by atoms with Crippen molar-refractivity contribution in [2.75, 3.05) is 26.2 Å². The number of halogens is 1. The Morgan fingerprint density at radius 3 is 2.80 bits per heavy atom. The van der Waals surface area contributed by atoms with E-state index in [1.165, 1.54) is 18.4 Å². The lowest BCUT2D eigenvalue weighted by Crippen LogP contribution is -2.33. The standard InChI is InChI=1S/C16H25ClN2O/c1-2-18-16(13-4-3-5-14(17)12-13)8-9-19(10-11-20)15-6-7-15/h3-5,12,15-16,18,20H,2,6-11H2,1H3. The first-order valence-corrected chi connectivity index (χ1v) is 7.96. The lowest BCUT2D eigenvalue weighted by molar-refractivity contribution is 0.182. The van der Waals surface area contributed by atoms with Crippen LogP contribution in [0.15, 0.2) is 24.3 Å². The van der Waals surface area contributed by atoms with Crippen LogP contribution in [0.4, 0.5) is 0 Å². The van der Waals surface area contributed by atoms with Crippen molar-refractivity contribution in [3.63, 3.8) is 0 Å². The molecule has 20 heavy (non-hydrogen) atoms. The second-order valence-corrected chi connectivity index (χ2v) is 5.88. The zero-order valence-electron chi connectivity index (χ0n) is 12.2. The normalized spacial score (nSPS) is 16.6. The van der Waals surface area contributed by atoms with Crippen LogP contribution < -0.4 is 5.32 Å². The Kier molecular flexibility index (Phi) is 6.30. The van der Waals surface area contributed by atoms with Gasteiger partial charge in [-0.05, 0) is 43.5 Å². The minimum Gasteiger partial charge on any atom is -0.395 e. The van der Waals surface area contributed by atoms with Gasteiger partial charge in [0, 0.05) is 30.2 Å². The van der Waals surface area contributed by atoms with Crippen LogP contribution >= 0.6 is 11.6 Å². The van der Waals surface area contributed by atoms with E-state index in [2.05, 4.69) is 23.2 Å². The van der Waals surface area contributed by atoms with Crippen molar-refractivity contribution in [3.8, 4) is 0 Å². The average Bonchev–Trinajstić information content (AvgIpc) is 3.26. The monoisotopic (exact) mass is 296 g/mol. The van der Waals surface area contributed by atoms with E-state index in [-0.39, 0.29) is 6.61 Å². The highest BCUT2D eigenvalue weighted by Crippen LogP contribution is 2.28.